The summed E-state index contributed by atoms with van der Waals surface area (Å²) in [5.74, 6) is 1.81. The largest absolute Gasteiger partial charge is 0.356 e. The maximum atomic E-state index is 12.8. The summed E-state index contributed by atoms with van der Waals surface area (Å²) in [6, 6.07) is 11.1. The fraction of sp³-hybridized carbons (Fsp3) is 0.621. The molecule has 2 amide bonds. The number of piperidine rings is 2. The molecule has 0 aliphatic carbocycles. The molecule has 4 heterocycles. The number of anilines is 3. The molecule has 5 rings (SSSR count). The number of rotatable bonds is 6. The lowest BCUT2D eigenvalue weighted by Crippen LogP contribution is -2.52. The van der Waals surface area contributed by atoms with E-state index in [1.165, 1.54) is 37.7 Å². The van der Waals surface area contributed by atoms with Gasteiger partial charge in [0.05, 0.1) is 0 Å². The first kappa shape index (κ1) is 25.8. The molecule has 0 saturated carbocycles. The molecule has 2 aromatic rings. The molecule has 1 aromatic carbocycles. The van der Waals surface area contributed by atoms with E-state index in [0.717, 1.165) is 82.4 Å². The van der Waals surface area contributed by atoms with Gasteiger partial charge in [-0.05, 0) is 75.3 Å². The zero-order chi connectivity index (χ0) is 25.5. The molecule has 3 aliphatic rings. The van der Waals surface area contributed by atoms with Crippen LogP contribution in [0.2, 0.25) is 0 Å². The number of carbonyl (C=O) groups excluding carboxylic acids is 1. The van der Waals surface area contributed by atoms with Crippen molar-refractivity contribution in [2.24, 2.45) is 0 Å². The number of benzene rings is 1. The lowest BCUT2D eigenvalue weighted by Gasteiger charge is -2.42. The fourth-order valence-electron chi connectivity index (χ4n) is 6.04. The Labute approximate surface area is 221 Å². The van der Waals surface area contributed by atoms with E-state index in [2.05, 4.69) is 44.5 Å². The van der Waals surface area contributed by atoms with E-state index in [0.29, 0.717) is 12.1 Å². The number of nitrogens with one attached hydrogen (secondary N) is 2. The van der Waals surface area contributed by atoms with Gasteiger partial charge in [0.15, 0.2) is 0 Å². The summed E-state index contributed by atoms with van der Waals surface area (Å²) in [5.41, 5.74) is 2.13. The van der Waals surface area contributed by atoms with E-state index in [9.17, 15) is 4.79 Å². The SMILES string of the molecule is CCc1cccc(NC(=O)N2CCC(N3CCCC(Nc4nccc(N5CCCCCC5)n4)C3)CC2)c1. The van der Waals surface area contributed by atoms with Gasteiger partial charge in [0.1, 0.15) is 5.82 Å². The summed E-state index contributed by atoms with van der Waals surface area (Å²) >= 11 is 0. The number of carbonyl (C=O) groups is 1. The maximum Gasteiger partial charge on any atom is 0.321 e. The van der Waals surface area contributed by atoms with Crippen molar-refractivity contribution in [3.05, 3.63) is 42.1 Å². The highest BCUT2D eigenvalue weighted by Gasteiger charge is 2.30. The van der Waals surface area contributed by atoms with E-state index in [1.54, 1.807) is 0 Å². The second-order valence-electron chi connectivity index (χ2n) is 10.8. The zero-order valence-corrected chi connectivity index (χ0v) is 22.4. The van der Waals surface area contributed by atoms with Crippen LogP contribution in [-0.2, 0) is 6.42 Å². The van der Waals surface area contributed by atoms with Crippen molar-refractivity contribution in [1.82, 2.24) is 19.8 Å². The van der Waals surface area contributed by atoms with Crippen molar-refractivity contribution in [2.75, 3.05) is 54.8 Å². The summed E-state index contributed by atoms with van der Waals surface area (Å²) < 4.78 is 0. The smallest absolute Gasteiger partial charge is 0.321 e. The molecule has 3 fully saturated rings. The van der Waals surface area contributed by atoms with Gasteiger partial charge in [-0.15, -0.1) is 0 Å². The van der Waals surface area contributed by atoms with Gasteiger partial charge in [0.2, 0.25) is 5.95 Å². The van der Waals surface area contributed by atoms with Crippen LogP contribution in [0.1, 0.15) is 63.9 Å². The highest BCUT2D eigenvalue weighted by Crippen LogP contribution is 2.24. The van der Waals surface area contributed by atoms with Crippen LogP contribution >= 0.6 is 0 Å². The van der Waals surface area contributed by atoms with Crippen molar-refractivity contribution >= 4 is 23.5 Å². The Morgan fingerprint density at radius 1 is 0.973 bits per heavy atom. The molecule has 200 valence electrons. The molecule has 0 bridgehead atoms. The number of urea groups is 1. The number of hydrogen-bond donors (Lipinski definition) is 2. The molecule has 0 spiro atoms. The van der Waals surface area contributed by atoms with E-state index in [-0.39, 0.29) is 6.03 Å². The first-order valence-corrected chi connectivity index (χ1v) is 14.4. The molecular formula is C29H43N7O. The average Bonchev–Trinajstić information content (AvgIpc) is 3.23. The molecule has 1 unspecified atom stereocenters. The third-order valence-electron chi connectivity index (χ3n) is 8.21. The first-order chi connectivity index (χ1) is 18.2. The maximum absolute atomic E-state index is 12.8. The summed E-state index contributed by atoms with van der Waals surface area (Å²) in [7, 11) is 0. The van der Waals surface area contributed by atoms with Crippen LogP contribution in [0, 0.1) is 0 Å². The van der Waals surface area contributed by atoms with Crippen LogP contribution in [0.25, 0.3) is 0 Å². The van der Waals surface area contributed by atoms with Gasteiger partial charge in [-0.2, -0.15) is 4.98 Å². The van der Waals surface area contributed by atoms with Crippen LogP contribution in [0.4, 0.5) is 22.2 Å². The summed E-state index contributed by atoms with van der Waals surface area (Å²) in [5, 5.41) is 6.74. The predicted molar refractivity (Wildman–Crippen MR) is 150 cm³/mol. The third kappa shape index (κ3) is 6.92. The molecule has 0 radical (unpaired) electrons. The average molecular weight is 506 g/mol. The van der Waals surface area contributed by atoms with E-state index in [1.807, 2.05) is 29.3 Å². The van der Waals surface area contributed by atoms with Crippen molar-refractivity contribution in [3.63, 3.8) is 0 Å². The van der Waals surface area contributed by atoms with E-state index >= 15 is 0 Å². The lowest BCUT2D eigenvalue weighted by atomic mass is 9.98. The highest BCUT2D eigenvalue weighted by atomic mass is 16.2. The van der Waals surface area contributed by atoms with Crippen molar-refractivity contribution in [2.45, 2.75) is 76.8 Å². The van der Waals surface area contributed by atoms with Crippen LogP contribution in [0.3, 0.4) is 0 Å². The van der Waals surface area contributed by atoms with Gasteiger partial charge in [-0.3, -0.25) is 4.90 Å². The Morgan fingerprint density at radius 2 is 1.78 bits per heavy atom. The van der Waals surface area contributed by atoms with Crippen LogP contribution < -0.4 is 15.5 Å². The Bertz CT molecular complexity index is 1010. The molecule has 8 heteroatoms. The minimum Gasteiger partial charge on any atom is -0.356 e. The van der Waals surface area contributed by atoms with Gasteiger partial charge >= 0.3 is 6.03 Å². The summed E-state index contributed by atoms with van der Waals surface area (Å²) in [4.78, 5) is 29.3. The van der Waals surface area contributed by atoms with Crippen molar-refractivity contribution in [1.29, 1.82) is 0 Å². The molecule has 2 N–H and O–H groups in total. The fourth-order valence-corrected chi connectivity index (χ4v) is 6.04. The van der Waals surface area contributed by atoms with Crippen molar-refractivity contribution in [3.8, 4) is 0 Å². The number of hydrogen-bond acceptors (Lipinski definition) is 6. The van der Waals surface area contributed by atoms with E-state index in [4.69, 9.17) is 4.98 Å². The lowest BCUT2D eigenvalue weighted by molar-refractivity contribution is 0.0997. The minimum absolute atomic E-state index is 0.0197. The number of aromatic nitrogens is 2. The topological polar surface area (TPSA) is 76.6 Å². The quantitative estimate of drug-likeness (QED) is 0.576. The second-order valence-corrected chi connectivity index (χ2v) is 10.8. The van der Waals surface area contributed by atoms with E-state index < -0.39 is 0 Å². The van der Waals surface area contributed by atoms with Crippen LogP contribution in [-0.4, -0.2) is 77.2 Å². The van der Waals surface area contributed by atoms with Gasteiger partial charge in [0.25, 0.3) is 0 Å². The normalized spacial score (nSPS) is 21.9. The molecule has 3 aliphatic heterocycles. The number of nitrogens with zero attached hydrogens (tertiary/aromatic N) is 5. The Hall–Kier alpha value is -2.87. The molecule has 3 saturated heterocycles. The Morgan fingerprint density at radius 3 is 2.57 bits per heavy atom. The van der Waals surface area contributed by atoms with Gasteiger partial charge in [-0.25, -0.2) is 9.78 Å². The van der Waals surface area contributed by atoms with Gasteiger partial charge < -0.3 is 20.4 Å². The zero-order valence-electron chi connectivity index (χ0n) is 22.4. The van der Waals surface area contributed by atoms with Crippen LogP contribution in [0.15, 0.2) is 36.5 Å². The predicted octanol–water partition coefficient (Wildman–Crippen LogP) is 4.99. The summed E-state index contributed by atoms with van der Waals surface area (Å²) in [6.45, 7) is 8.07. The Kier molecular flexibility index (Phi) is 8.76. The molecule has 8 nitrogen and oxygen atoms in total. The van der Waals surface area contributed by atoms with Gasteiger partial charge in [0, 0.05) is 56.7 Å². The third-order valence-corrected chi connectivity index (χ3v) is 8.21. The number of aryl methyl sites for hydroxylation is 1. The number of likely N-dealkylation sites (tertiary alicyclic amines) is 2. The molecule has 37 heavy (non-hydrogen) atoms. The van der Waals surface area contributed by atoms with Gasteiger partial charge in [-0.1, -0.05) is 31.9 Å². The minimum atomic E-state index is 0.0197. The highest BCUT2D eigenvalue weighted by molar-refractivity contribution is 5.89. The molecule has 1 aromatic heterocycles. The monoisotopic (exact) mass is 505 g/mol. The molecular weight excluding hydrogens is 462 g/mol. The standard InChI is InChI=1S/C29H43N7O/c1-2-23-9-7-10-24(21-23)32-29(37)35-19-13-26(14-20-35)36-18-8-11-25(22-36)31-28-30-15-12-27(33-28)34-16-5-3-4-6-17-34/h7,9-10,12,15,21,25-26H,2-6,8,11,13-14,16-20,22H2,1H3,(H,32,37)(H,30,31,33). The first-order valence-electron chi connectivity index (χ1n) is 14.4. The molecule has 1 atom stereocenters. The van der Waals surface area contributed by atoms with Crippen LogP contribution in [0.5, 0.6) is 0 Å². The Balaban J connectivity index is 1.11. The second kappa shape index (κ2) is 12.6. The van der Waals surface area contributed by atoms with Crippen molar-refractivity contribution < 1.29 is 4.79 Å². The summed E-state index contributed by atoms with van der Waals surface area (Å²) in [6.07, 6.45) is 12.4. The number of amides is 2.